The molecule has 0 bridgehead atoms. The van der Waals surface area contributed by atoms with Crippen LogP contribution in [-0.2, 0) is 11.3 Å². The van der Waals surface area contributed by atoms with Crippen LogP contribution in [-0.4, -0.2) is 17.1 Å². The Hall–Kier alpha value is -2.21. The van der Waals surface area contributed by atoms with Gasteiger partial charge in [-0.15, -0.1) is 0 Å². The van der Waals surface area contributed by atoms with E-state index in [0.29, 0.717) is 28.7 Å². The lowest BCUT2D eigenvalue weighted by atomic mass is 10.2. The zero-order chi connectivity index (χ0) is 15.2. The van der Waals surface area contributed by atoms with Crippen molar-refractivity contribution in [2.45, 2.75) is 6.61 Å². The standard InChI is InChI=1S/C13H13BrN6O/c1-21-7-13-18-11(5-12(19-13)20-16)17-10-4-9(14)3-2-8(10)6-15/h2-5H,7,16H2,1H3,(H2,17,18,19,20). The van der Waals surface area contributed by atoms with E-state index in [2.05, 4.69) is 42.7 Å². The third-order valence-electron chi connectivity index (χ3n) is 2.56. The Morgan fingerprint density at radius 2 is 2.10 bits per heavy atom. The molecule has 0 aliphatic carbocycles. The highest BCUT2D eigenvalue weighted by Crippen LogP contribution is 2.24. The molecule has 0 radical (unpaired) electrons. The summed E-state index contributed by atoms with van der Waals surface area (Å²) in [4.78, 5) is 8.46. The normalized spacial score (nSPS) is 10.0. The van der Waals surface area contributed by atoms with Gasteiger partial charge in [0.1, 0.15) is 24.3 Å². The van der Waals surface area contributed by atoms with Crippen molar-refractivity contribution in [3.05, 3.63) is 40.1 Å². The second kappa shape index (κ2) is 6.99. The first-order valence-corrected chi connectivity index (χ1v) is 6.75. The van der Waals surface area contributed by atoms with Crippen molar-refractivity contribution < 1.29 is 4.74 Å². The number of halogens is 1. The number of nitrogens with two attached hydrogens (primary N) is 1. The largest absolute Gasteiger partial charge is 0.377 e. The number of hydrazine groups is 1. The van der Waals surface area contributed by atoms with Crippen molar-refractivity contribution >= 4 is 33.3 Å². The minimum Gasteiger partial charge on any atom is -0.377 e. The van der Waals surface area contributed by atoms with Gasteiger partial charge in [0, 0.05) is 17.6 Å². The van der Waals surface area contributed by atoms with Crippen LogP contribution in [0.2, 0.25) is 0 Å². The first kappa shape index (κ1) is 15.2. The van der Waals surface area contributed by atoms with E-state index in [1.165, 1.54) is 0 Å². The lowest BCUT2D eigenvalue weighted by Crippen LogP contribution is -2.12. The molecule has 0 aliphatic rings. The number of methoxy groups -OCH3 is 1. The van der Waals surface area contributed by atoms with Gasteiger partial charge in [-0.25, -0.2) is 15.8 Å². The van der Waals surface area contributed by atoms with E-state index in [0.717, 1.165) is 4.47 Å². The van der Waals surface area contributed by atoms with Crippen LogP contribution in [0.1, 0.15) is 11.4 Å². The summed E-state index contributed by atoms with van der Waals surface area (Å²) >= 11 is 3.37. The predicted octanol–water partition coefficient (Wildman–Crippen LogP) is 2.29. The maximum Gasteiger partial charge on any atom is 0.158 e. The van der Waals surface area contributed by atoms with Crippen molar-refractivity contribution in [3.63, 3.8) is 0 Å². The summed E-state index contributed by atoms with van der Waals surface area (Å²) in [5.41, 5.74) is 3.61. The highest BCUT2D eigenvalue weighted by molar-refractivity contribution is 9.10. The van der Waals surface area contributed by atoms with Crippen LogP contribution in [0.4, 0.5) is 17.3 Å². The second-order valence-corrected chi connectivity index (χ2v) is 4.97. The van der Waals surface area contributed by atoms with E-state index in [-0.39, 0.29) is 6.61 Å². The van der Waals surface area contributed by atoms with Crippen molar-refractivity contribution in [2.24, 2.45) is 5.84 Å². The van der Waals surface area contributed by atoms with E-state index >= 15 is 0 Å². The molecule has 108 valence electrons. The fourth-order valence-corrected chi connectivity index (χ4v) is 2.05. The van der Waals surface area contributed by atoms with Crippen LogP contribution in [0.15, 0.2) is 28.7 Å². The minimum atomic E-state index is 0.258. The molecule has 1 aromatic carbocycles. The number of nitrogens with zero attached hydrogens (tertiary/aromatic N) is 3. The molecule has 0 atom stereocenters. The number of benzene rings is 1. The topological polar surface area (TPSA) is 109 Å². The molecule has 1 aromatic heterocycles. The van der Waals surface area contributed by atoms with Crippen molar-refractivity contribution in [2.75, 3.05) is 17.9 Å². The van der Waals surface area contributed by atoms with Crippen molar-refractivity contribution in [1.82, 2.24) is 9.97 Å². The summed E-state index contributed by atoms with van der Waals surface area (Å²) in [5.74, 6) is 6.83. The maximum absolute atomic E-state index is 9.14. The summed E-state index contributed by atoms with van der Waals surface area (Å²) in [6, 6.07) is 9.07. The number of hydrogen-bond donors (Lipinski definition) is 3. The fraction of sp³-hybridized carbons (Fsp3) is 0.154. The maximum atomic E-state index is 9.14. The molecular formula is C13H13BrN6O. The molecule has 0 spiro atoms. The Balaban J connectivity index is 2.37. The quantitative estimate of drug-likeness (QED) is 0.561. The van der Waals surface area contributed by atoms with E-state index in [1.54, 1.807) is 31.4 Å². The Morgan fingerprint density at radius 1 is 1.33 bits per heavy atom. The Kier molecular flexibility index (Phi) is 5.05. The van der Waals surface area contributed by atoms with Gasteiger partial charge in [-0.1, -0.05) is 15.9 Å². The predicted molar refractivity (Wildman–Crippen MR) is 82.7 cm³/mol. The monoisotopic (exact) mass is 348 g/mol. The van der Waals surface area contributed by atoms with Gasteiger partial charge in [0.2, 0.25) is 0 Å². The molecule has 0 fully saturated rings. The van der Waals surface area contributed by atoms with E-state index < -0.39 is 0 Å². The molecule has 21 heavy (non-hydrogen) atoms. The van der Waals surface area contributed by atoms with Gasteiger partial charge in [-0.2, -0.15) is 5.26 Å². The van der Waals surface area contributed by atoms with E-state index in [1.807, 2.05) is 0 Å². The van der Waals surface area contributed by atoms with Crippen LogP contribution in [0, 0.1) is 11.3 Å². The van der Waals surface area contributed by atoms with E-state index in [4.69, 9.17) is 15.8 Å². The van der Waals surface area contributed by atoms with Gasteiger partial charge in [0.05, 0.1) is 11.3 Å². The molecule has 0 saturated carbocycles. The lowest BCUT2D eigenvalue weighted by Gasteiger charge is -2.11. The van der Waals surface area contributed by atoms with Crippen molar-refractivity contribution in [1.29, 1.82) is 5.26 Å². The lowest BCUT2D eigenvalue weighted by molar-refractivity contribution is 0.178. The van der Waals surface area contributed by atoms with Gasteiger partial charge in [0.25, 0.3) is 0 Å². The molecule has 0 unspecified atom stereocenters. The summed E-state index contributed by atoms with van der Waals surface area (Å²) in [5, 5.41) is 12.2. The highest BCUT2D eigenvalue weighted by atomic mass is 79.9. The van der Waals surface area contributed by atoms with Gasteiger partial charge < -0.3 is 15.5 Å². The molecule has 2 rings (SSSR count). The fourth-order valence-electron chi connectivity index (χ4n) is 1.68. The molecule has 1 heterocycles. The van der Waals surface area contributed by atoms with Gasteiger partial charge >= 0.3 is 0 Å². The molecule has 0 amide bonds. The number of rotatable bonds is 5. The minimum absolute atomic E-state index is 0.258. The van der Waals surface area contributed by atoms with Crippen LogP contribution in [0.25, 0.3) is 0 Å². The van der Waals surface area contributed by atoms with E-state index in [9.17, 15) is 0 Å². The third kappa shape index (κ3) is 3.88. The summed E-state index contributed by atoms with van der Waals surface area (Å²) in [7, 11) is 1.56. The molecule has 8 heteroatoms. The van der Waals surface area contributed by atoms with Crippen molar-refractivity contribution in [3.8, 4) is 6.07 Å². The Labute approximate surface area is 130 Å². The SMILES string of the molecule is COCc1nc(NN)cc(Nc2cc(Br)ccc2C#N)n1. The first-order valence-electron chi connectivity index (χ1n) is 5.96. The van der Waals surface area contributed by atoms with Crippen LogP contribution in [0.5, 0.6) is 0 Å². The number of hydrogen-bond acceptors (Lipinski definition) is 7. The zero-order valence-corrected chi connectivity index (χ0v) is 12.8. The first-order chi connectivity index (χ1) is 10.2. The molecule has 2 aromatic rings. The number of nitrogen functional groups attached to an aromatic ring is 1. The van der Waals surface area contributed by atoms with Crippen LogP contribution in [0.3, 0.4) is 0 Å². The van der Waals surface area contributed by atoms with Gasteiger partial charge in [-0.05, 0) is 18.2 Å². The Bertz CT molecular complexity index is 685. The summed E-state index contributed by atoms with van der Waals surface area (Å²) in [6.45, 7) is 0.258. The second-order valence-electron chi connectivity index (χ2n) is 4.06. The molecule has 7 nitrogen and oxygen atoms in total. The smallest absolute Gasteiger partial charge is 0.158 e. The average molecular weight is 349 g/mol. The number of anilines is 3. The molecular weight excluding hydrogens is 336 g/mol. The number of ether oxygens (including phenoxy) is 1. The highest BCUT2D eigenvalue weighted by Gasteiger charge is 2.08. The zero-order valence-electron chi connectivity index (χ0n) is 11.2. The summed E-state index contributed by atoms with van der Waals surface area (Å²) < 4.78 is 5.87. The van der Waals surface area contributed by atoms with Crippen LogP contribution >= 0.6 is 15.9 Å². The average Bonchev–Trinajstić information content (AvgIpc) is 2.47. The summed E-state index contributed by atoms with van der Waals surface area (Å²) in [6.07, 6.45) is 0. The molecule has 0 aliphatic heterocycles. The molecule has 4 N–H and O–H groups in total. The number of nitriles is 1. The third-order valence-corrected chi connectivity index (χ3v) is 3.05. The number of nitrogens with one attached hydrogen (secondary N) is 2. The Morgan fingerprint density at radius 3 is 2.76 bits per heavy atom. The van der Waals surface area contributed by atoms with Gasteiger partial charge in [-0.3, -0.25) is 0 Å². The molecule has 0 saturated heterocycles. The van der Waals surface area contributed by atoms with Gasteiger partial charge in [0.15, 0.2) is 5.82 Å². The van der Waals surface area contributed by atoms with Crippen LogP contribution < -0.4 is 16.6 Å². The number of aromatic nitrogens is 2.